The lowest BCUT2D eigenvalue weighted by Gasteiger charge is -2.09. The van der Waals surface area contributed by atoms with E-state index in [-0.39, 0.29) is 36.2 Å². The molecule has 2 heterocycles. The zero-order valence-corrected chi connectivity index (χ0v) is 18.3. The van der Waals surface area contributed by atoms with E-state index in [4.69, 9.17) is 4.52 Å². The van der Waals surface area contributed by atoms with Crippen LogP contribution in [-0.4, -0.2) is 32.0 Å². The van der Waals surface area contributed by atoms with Gasteiger partial charge >= 0.3 is 11.9 Å². The number of halogens is 3. The molecule has 2 aromatic carbocycles. The summed E-state index contributed by atoms with van der Waals surface area (Å²) in [5.41, 5.74) is -0.165. The Morgan fingerprint density at radius 3 is 2.51 bits per heavy atom. The van der Waals surface area contributed by atoms with E-state index in [1.165, 1.54) is 22.8 Å². The van der Waals surface area contributed by atoms with Gasteiger partial charge in [-0.15, -0.1) is 5.10 Å². The molecule has 0 spiro atoms. The molecule has 5 rings (SSSR count). The summed E-state index contributed by atoms with van der Waals surface area (Å²) < 4.78 is 47.3. The van der Waals surface area contributed by atoms with Gasteiger partial charge in [0, 0.05) is 29.8 Å². The van der Waals surface area contributed by atoms with Crippen LogP contribution in [0.2, 0.25) is 0 Å². The van der Waals surface area contributed by atoms with E-state index in [9.17, 15) is 22.8 Å². The molecule has 2 aromatic heterocycles. The number of carbonyl (C=O) groups excluding carboxylic acids is 1. The average molecular weight is 483 g/mol. The molecule has 0 unspecified atom stereocenters. The minimum atomic E-state index is -4.50. The number of hydrogen-bond donors (Lipinski definition) is 1. The average Bonchev–Trinajstić information content (AvgIpc) is 3.46. The molecule has 0 radical (unpaired) electrons. The van der Waals surface area contributed by atoms with Gasteiger partial charge in [0.2, 0.25) is 0 Å². The van der Waals surface area contributed by atoms with E-state index in [0.717, 1.165) is 35.2 Å². The molecule has 1 amide bonds. The lowest BCUT2D eigenvalue weighted by Crippen LogP contribution is -2.32. The van der Waals surface area contributed by atoms with E-state index in [1.54, 1.807) is 0 Å². The SMILES string of the molecule is O=C(NCCn1nc(-c2cccc(C(F)(F)F)c2)n(C2CC2)c1=O)c1cc(-c2ccccc2)on1. The Hall–Kier alpha value is -4.15. The summed E-state index contributed by atoms with van der Waals surface area (Å²) in [4.78, 5) is 25.4. The summed E-state index contributed by atoms with van der Waals surface area (Å²) in [5, 5.41) is 10.7. The van der Waals surface area contributed by atoms with Crippen molar-refractivity contribution < 1.29 is 22.5 Å². The van der Waals surface area contributed by atoms with Crippen molar-refractivity contribution >= 4 is 5.91 Å². The van der Waals surface area contributed by atoms with Gasteiger partial charge in [-0.1, -0.05) is 47.6 Å². The van der Waals surface area contributed by atoms with E-state index in [2.05, 4.69) is 15.6 Å². The second kappa shape index (κ2) is 8.90. The van der Waals surface area contributed by atoms with Gasteiger partial charge in [0.05, 0.1) is 12.1 Å². The van der Waals surface area contributed by atoms with E-state index in [1.807, 2.05) is 30.3 Å². The van der Waals surface area contributed by atoms with E-state index >= 15 is 0 Å². The van der Waals surface area contributed by atoms with Crippen LogP contribution in [-0.2, 0) is 12.7 Å². The smallest absolute Gasteiger partial charge is 0.355 e. The van der Waals surface area contributed by atoms with Crippen LogP contribution in [0.3, 0.4) is 0 Å². The van der Waals surface area contributed by atoms with Crippen LogP contribution in [0.5, 0.6) is 0 Å². The van der Waals surface area contributed by atoms with Crippen LogP contribution >= 0.6 is 0 Å². The number of nitrogens with one attached hydrogen (secondary N) is 1. The molecule has 1 aliphatic rings. The Morgan fingerprint density at radius 2 is 1.80 bits per heavy atom. The number of aromatic nitrogens is 4. The maximum Gasteiger partial charge on any atom is 0.416 e. The fourth-order valence-electron chi connectivity index (χ4n) is 3.75. The van der Waals surface area contributed by atoms with Crippen molar-refractivity contribution in [3.63, 3.8) is 0 Å². The van der Waals surface area contributed by atoms with Crippen molar-refractivity contribution in [2.75, 3.05) is 6.54 Å². The predicted octanol–water partition coefficient (Wildman–Crippen LogP) is 4.15. The second-order valence-corrected chi connectivity index (χ2v) is 8.21. The highest BCUT2D eigenvalue weighted by atomic mass is 19.4. The Kier molecular flexibility index (Phi) is 5.75. The van der Waals surface area contributed by atoms with Crippen molar-refractivity contribution in [2.45, 2.75) is 31.6 Å². The highest BCUT2D eigenvalue weighted by molar-refractivity contribution is 5.93. The first-order valence-electron chi connectivity index (χ1n) is 11.0. The highest BCUT2D eigenvalue weighted by Gasteiger charge is 2.33. The van der Waals surface area contributed by atoms with Gasteiger partial charge in [0.15, 0.2) is 17.3 Å². The van der Waals surface area contributed by atoms with Crippen LogP contribution < -0.4 is 11.0 Å². The number of amides is 1. The molecule has 8 nitrogen and oxygen atoms in total. The van der Waals surface area contributed by atoms with E-state index in [0.29, 0.717) is 5.76 Å². The zero-order valence-electron chi connectivity index (χ0n) is 18.3. The fourth-order valence-corrected chi connectivity index (χ4v) is 3.75. The lowest BCUT2D eigenvalue weighted by atomic mass is 10.1. The van der Waals surface area contributed by atoms with Crippen molar-refractivity contribution in [3.05, 3.63) is 82.4 Å². The third-order valence-corrected chi connectivity index (χ3v) is 5.64. The summed E-state index contributed by atoms with van der Waals surface area (Å²) in [7, 11) is 0. The number of benzene rings is 2. The third-order valence-electron chi connectivity index (χ3n) is 5.64. The molecule has 35 heavy (non-hydrogen) atoms. The topological polar surface area (TPSA) is 95.0 Å². The summed E-state index contributed by atoms with van der Waals surface area (Å²) in [6, 6.07) is 15.4. The zero-order chi connectivity index (χ0) is 24.6. The number of nitrogens with zero attached hydrogens (tertiary/aromatic N) is 4. The first-order valence-corrected chi connectivity index (χ1v) is 11.0. The highest BCUT2D eigenvalue weighted by Crippen LogP contribution is 2.37. The van der Waals surface area contributed by atoms with Crippen LogP contribution in [0.25, 0.3) is 22.7 Å². The summed E-state index contributed by atoms with van der Waals surface area (Å²) >= 11 is 0. The molecule has 11 heteroatoms. The Morgan fingerprint density at radius 1 is 1.06 bits per heavy atom. The van der Waals surface area contributed by atoms with Gasteiger partial charge in [0.1, 0.15) is 0 Å². The minimum absolute atomic E-state index is 0.0413. The standard InChI is InChI=1S/C24H20F3N5O3/c25-24(26,27)17-8-4-7-16(13-17)21-29-31(23(34)32(21)18-9-10-18)12-11-28-22(33)19-14-20(35-30-19)15-5-2-1-3-6-15/h1-8,13-14,18H,9-12H2,(H,28,33). The second-order valence-electron chi connectivity index (χ2n) is 8.21. The first-order chi connectivity index (χ1) is 16.8. The predicted molar refractivity (Wildman–Crippen MR) is 119 cm³/mol. The summed E-state index contributed by atoms with van der Waals surface area (Å²) in [6.45, 7) is 0.107. The maximum absolute atomic E-state index is 13.2. The monoisotopic (exact) mass is 483 g/mol. The minimum Gasteiger partial charge on any atom is -0.355 e. The molecule has 4 aromatic rings. The quantitative estimate of drug-likeness (QED) is 0.426. The fraction of sp³-hybridized carbons (Fsp3) is 0.250. The van der Waals surface area contributed by atoms with Crippen LogP contribution in [0, 0.1) is 0 Å². The first kappa shape index (κ1) is 22.6. The lowest BCUT2D eigenvalue weighted by molar-refractivity contribution is -0.137. The molecule has 0 bridgehead atoms. The molecule has 1 aliphatic carbocycles. The van der Waals surface area contributed by atoms with Gasteiger partial charge in [-0.3, -0.25) is 9.36 Å². The van der Waals surface area contributed by atoms with Gasteiger partial charge < -0.3 is 9.84 Å². The summed E-state index contributed by atoms with van der Waals surface area (Å²) in [5.74, 6) is 0.142. The number of hydrogen-bond acceptors (Lipinski definition) is 5. The number of alkyl halides is 3. The molecule has 1 N–H and O–H groups in total. The molecule has 1 saturated carbocycles. The van der Waals surface area contributed by atoms with Gasteiger partial charge in [-0.2, -0.15) is 13.2 Å². The molecule has 0 saturated heterocycles. The molecule has 180 valence electrons. The Balaban J connectivity index is 1.31. The van der Waals surface area contributed by atoms with Gasteiger partial charge in [0.25, 0.3) is 5.91 Å². The normalized spacial score (nSPS) is 13.7. The van der Waals surface area contributed by atoms with Gasteiger partial charge in [-0.25, -0.2) is 9.48 Å². The maximum atomic E-state index is 13.2. The van der Waals surface area contributed by atoms with Crippen molar-refractivity contribution in [3.8, 4) is 22.7 Å². The van der Waals surface area contributed by atoms with Gasteiger partial charge in [-0.05, 0) is 25.0 Å². The number of rotatable bonds is 7. The van der Waals surface area contributed by atoms with Crippen molar-refractivity contribution in [2.24, 2.45) is 0 Å². The molecular formula is C24H20F3N5O3. The molecule has 0 atom stereocenters. The number of carbonyl (C=O) groups is 1. The van der Waals surface area contributed by atoms with Crippen LogP contribution in [0.4, 0.5) is 13.2 Å². The Bertz CT molecular complexity index is 1420. The third kappa shape index (κ3) is 4.75. The van der Waals surface area contributed by atoms with Crippen molar-refractivity contribution in [1.82, 2.24) is 24.8 Å². The molecular weight excluding hydrogens is 463 g/mol. The largest absolute Gasteiger partial charge is 0.416 e. The molecule has 1 fully saturated rings. The van der Waals surface area contributed by atoms with Crippen molar-refractivity contribution in [1.29, 1.82) is 0 Å². The van der Waals surface area contributed by atoms with Crippen LogP contribution in [0.15, 0.2) is 70.0 Å². The Labute approximate surface area is 197 Å². The summed E-state index contributed by atoms with van der Waals surface area (Å²) in [6.07, 6.45) is -3.00. The van der Waals surface area contributed by atoms with Crippen LogP contribution in [0.1, 0.15) is 34.9 Å². The van der Waals surface area contributed by atoms with E-state index < -0.39 is 23.3 Å². The molecule has 0 aliphatic heterocycles.